The second kappa shape index (κ2) is 8.68. The van der Waals surface area contributed by atoms with Gasteiger partial charge in [-0.1, -0.05) is 19.6 Å². The largest absolute Gasteiger partial charge is 0.497 e. The molecule has 0 N–H and O–H groups in total. The smallest absolute Gasteiger partial charge is 0.264 e. The van der Waals surface area contributed by atoms with E-state index in [1.165, 1.54) is 17.9 Å². The topological polar surface area (TPSA) is 79.7 Å². The van der Waals surface area contributed by atoms with Gasteiger partial charge in [-0.05, 0) is 12.1 Å². The lowest BCUT2D eigenvalue weighted by Gasteiger charge is -2.15. The molecule has 0 radical (unpaired) electrons. The second-order valence-corrected chi connectivity index (χ2v) is 14.8. The Balaban J connectivity index is 2.25. The average Bonchev–Trinajstić information content (AvgIpc) is 2.88. The van der Waals surface area contributed by atoms with E-state index in [2.05, 4.69) is 24.7 Å². The molecule has 10 heteroatoms. The molecule has 1 heterocycles. The van der Waals surface area contributed by atoms with E-state index in [4.69, 9.17) is 13.7 Å². The molecule has 0 aliphatic rings. The number of nitrogens with zero attached hydrogens (tertiary/aromatic N) is 2. The van der Waals surface area contributed by atoms with Crippen molar-refractivity contribution in [1.29, 1.82) is 0 Å². The normalized spacial score (nSPS) is 12.7. The summed E-state index contributed by atoms with van der Waals surface area (Å²) in [6, 6.07) is 3.97. The van der Waals surface area contributed by atoms with Gasteiger partial charge in [0.15, 0.2) is 5.82 Å². The number of methoxy groups -OCH3 is 1. The van der Waals surface area contributed by atoms with Crippen LogP contribution in [0, 0.1) is 5.82 Å². The molecule has 1 aromatic carbocycles. The third kappa shape index (κ3) is 6.56. The first kappa shape index (κ1) is 21.8. The van der Waals surface area contributed by atoms with Crippen LogP contribution in [0.25, 0.3) is 10.9 Å². The Kier molecular flexibility index (Phi) is 7.01. The van der Waals surface area contributed by atoms with E-state index in [1.807, 2.05) is 0 Å². The minimum atomic E-state index is -3.55. The average molecular weight is 419 g/mol. The number of aromatic nitrogens is 2. The third-order valence-electron chi connectivity index (χ3n) is 3.93. The zero-order valence-corrected chi connectivity index (χ0v) is 18.2. The summed E-state index contributed by atoms with van der Waals surface area (Å²) in [6.07, 6.45) is 1.21. The highest BCUT2D eigenvalue weighted by molar-refractivity contribution is 7.85. The molecule has 27 heavy (non-hydrogen) atoms. The van der Waals surface area contributed by atoms with Gasteiger partial charge in [0.2, 0.25) is 0 Å². The molecule has 7 nitrogen and oxygen atoms in total. The minimum Gasteiger partial charge on any atom is -0.497 e. The quantitative estimate of drug-likeness (QED) is 0.335. The van der Waals surface area contributed by atoms with Crippen LogP contribution in [0.2, 0.25) is 25.7 Å². The van der Waals surface area contributed by atoms with Gasteiger partial charge in [0.05, 0.1) is 25.7 Å². The van der Waals surface area contributed by atoms with Crippen molar-refractivity contribution in [3.8, 4) is 5.75 Å². The first-order chi connectivity index (χ1) is 12.5. The predicted octanol–water partition coefficient (Wildman–Crippen LogP) is 3.02. The highest BCUT2D eigenvalue weighted by Crippen LogP contribution is 2.28. The van der Waals surface area contributed by atoms with Gasteiger partial charge in [-0.2, -0.15) is 13.5 Å². The van der Waals surface area contributed by atoms with Crippen LogP contribution in [0.5, 0.6) is 5.75 Å². The summed E-state index contributed by atoms with van der Waals surface area (Å²) >= 11 is 0. The minimum absolute atomic E-state index is 0.0692. The number of rotatable bonds is 10. The lowest BCUT2D eigenvalue weighted by Crippen LogP contribution is -2.22. The van der Waals surface area contributed by atoms with E-state index in [0.717, 1.165) is 12.3 Å². The van der Waals surface area contributed by atoms with E-state index in [0.29, 0.717) is 29.0 Å². The molecule has 0 fully saturated rings. The fourth-order valence-electron chi connectivity index (χ4n) is 2.52. The molecule has 0 unspecified atom stereocenters. The molecule has 1 aromatic heterocycles. The van der Waals surface area contributed by atoms with Crippen LogP contribution in [0.1, 0.15) is 5.69 Å². The standard InChI is InChI=1S/C17H27FN2O5SSi/c1-23-13-10-14-16(6-7-25-26(2,21)22)19-20(17(14)15(18)11-13)12-24-8-9-27(3,4)5/h10-11H,6-9,12H2,1-5H3. The molecule has 0 spiro atoms. The van der Waals surface area contributed by atoms with Gasteiger partial charge in [0.25, 0.3) is 10.1 Å². The molecule has 2 aromatic rings. The molecule has 2 rings (SSSR count). The van der Waals surface area contributed by atoms with Crippen molar-refractivity contribution in [3.63, 3.8) is 0 Å². The molecule has 152 valence electrons. The van der Waals surface area contributed by atoms with E-state index >= 15 is 0 Å². The Morgan fingerprint density at radius 1 is 1.22 bits per heavy atom. The number of hydrogen-bond acceptors (Lipinski definition) is 6. The Morgan fingerprint density at radius 3 is 2.52 bits per heavy atom. The Labute approximate surface area is 160 Å². The van der Waals surface area contributed by atoms with Gasteiger partial charge in [0, 0.05) is 32.6 Å². The highest BCUT2D eigenvalue weighted by atomic mass is 32.2. The van der Waals surface area contributed by atoms with Crippen molar-refractivity contribution in [1.82, 2.24) is 9.78 Å². The molecular weight excluding hydrogens is 391 g/mol. The SMILES string of the molecule is COc1cc(F)c2c(c1)c(CCOS(C)(=O)=O)nn2COCC[Si](C)(C)C. The number of ether oxygens (including phenoxy) is 2. The summed E-state index contributed by atoms with van der Waals surface area (Å²) in [5.41, 5.74) is 0.832. The van der Waals surface area contributed by atoms with Crippen LogP contribution in [0.4, 0.5) is 4.39 Å². The van der Waals surface area contributed by atoms with Gasteiger partial charge in [-0.3, -0.25) is 4.18 Å². The Bertz CT molecular complexity index is 893. The molecule has 0 aliphatic carbocycles. The maximum atomic E-state index is 14.6. The summed E-state index contributed by atoms with van der Waals surface area (Å²) in [5.74, 6) is -0.106. The van der Waals surface area contributed by atoms with Crippen LogP contribution in [-0.4, -0.2) is 52.9 Å². The maximum Gasteiger partial charge on any atom is 0.264 e. The summed E-state index contributed by atoms with van der Waals surface area (Å²) in [7, 11) is -3.31. The lowest BCUT2D eigenvalue weighted by atomic mass is 10.1. The number of hydrogen-bond donors (Lipinski definition) is 0. The van der Waals surface area contributed by atoms with Gasteiger partial charge in [-0.15, -0.1) is 0 Å². The fourth-order valence-corrected chi connectivity index (χ4v) is 3.66. The number of halogens is 1. The van der Waals surface area contributed by atoms with Gasteiger partial charge in [-0.25, -0.2) is 9.07 Å². The van der Waals surface area contributed by atoms with E-state index in [9.17, 15) is 12.8 Å². The maximum absolute atomic E-state index is 14.6. The van der Waals surface area contributed by atoms with Crippen LogP contribution in [0.3, 0.4) is 0 Å². The Hall–Kier alpha value is -1.49. The molecular formula is C17H27FN2O5SSi. The van der Waals surface area contributed by atoms with Crippen LogP contribution in [0.15, 0.2) is 12.1 Å². The second-order valence-electron chi connectivity index (χ2n) is 7.58. The summed E-state index contributed by atoms with van der Waals surface area (Å²) in [6.45, 7) is 7.40. The molecule has 0 saturated carbocycles. The summed E-state index contributed by atoms with van der Waals surface area (Å²) in [4.78, 5) is 0. The van der Waals surface area contributed by atoms with Crippen molar-refractivity contribution < 1.29 is 26.5 Å². The predicted molar refractivity (Wildman–Crippen MR) is 105 cm³/mol. The van der Waals surface area contributed by atoms with E-state index < -0.39 is 24.0 Å². The molecule has 0 amide bonds. The number of benzene rings is 1. The zero-order chi connectivity index (χ0) is 20.2. The monoisotopic (exact) mass is 418 g/mol. The van der Waals surface area contributed by atoms with Crippen LogP contribution in [-0.2, 0) is 32.2 Å². The fraction of sp³-hybridized carbons (Fsp3) is 0.588. The van der Waals surface area contributed by atoms with Crippen molar-refractivity contribution in [2.24, 2.45) is 0 Å². The molecule has 0 aliphatic heterocycles. The van der Waals surface area contributed by atoms with Crippen molar-refractivity contribution >= 4 is 29.1 Å². The summed E-state index contributed by atoms with van der Waals surface area (Å²) < 4.78 is 54.0. The van der Waals surface area contributed by atoms with Crippen LogP contribution >= 0.6 is 0 Å². The van der Waals surface area contributed by atoms with Crippen molar-refractivity contribution in [3.05, 3.63) is 23.6 Å². The third-order valence-corrected chi connectivity index (χ3v) is 6.23. The van der Waals surface area contributed by atoms with Crippen LogP contribution < -0.4 is 4.74 Å². The van der Waals surface area contributed by atoms with E-state index in [1.54, 1.807) is 6.07 Å². The van der Waals surface area contributed by atoms with Crippen molar-refractivity contribution in [2.45, 2.75) is 38.8 Å². The first-order valence-corrected chi connectivity index (χ1v) is 14.2. The van der Waals surface area contributed by atoms with Gasteiger partial charge < -0.3 is 9.47 Å². The summed E-state index contributed by atoms with van der Waals surface area (Å²) in [5, 5.41) is 4.97. The Morgan fingerprint density at radius 2 is 1.93 bits per heavy atom. The molecule has 0 saturated heterocycles. The molecule has 0 bridgehead atoms. The molecule has 0 atom stereocenters. The zero-order valence-electron chi connectivity index (χ0n) is 16.4. The van der Waals surface area contributed by atoms with Gasteiger partial charge >= 0.3 is 0 Å². The first-order valence-electron chi connectivity index (χ1n) is 8.65. The van der Waals surface area contributed by atoms with Crippen molar-refractivity contribution in [2.75, 3.05) is 26.6 Å². The lowest BCUT2D eigenvalue weighted by molar-refractivity contribution is 0.0809. The van der Waals surface area contributed by atoms with E-state index in [-0.39, 0.29) is 19.8 Å². The number of fused-ring (bicyclic) bond motifs is 1. The van der Waals surface area contributed by atoms with Gasteiger partial charge in [0.1, 0.15) is 18.0 Å². The highest BCUT2D eigenvalue weighted by Gasteiger charge is 2.18.